The van der Waals surface area contributed by atoms with Gasteiger partial charge in [-0.2, -0.15) is 4.72 Å². The number of nitrogens with zero attached hydrogens (tertiary/aromatic N) is 2. The van der Waals surface area contributed by atoms with Crippen LogP contribution in [-0.2, 0) is 17.8 Å². The molecule has 2 rings (SSSR count). The molecule has 0 spiro atoms. The predicted molar refractivity (Wildman–Crippen MR) is 102 cm³/mol. The third-order valence-corrected chi connectivity index (χ3v) is 5.01. The highest BCUT2D eigenvalue weighted by Gasteiger charge is 2.22. The fraction of sp³-hybridized carbons (Fsp3) is 0.312. The van der Waals surface area contributed by atoms with E-state index in [1.54, 1.807) is 25.1 Å². The Balaban J connectivity index is 1.97. The maximum atomic E-state index is 12.8. The highest BCUT2D eigenvalue weighted by atomic mass is 32.2. The molecule has 0 aliphatic heterocycles. The molecular formula is C16H19FN4O3S2. The molecule has 26 heavy (non-hydrogen) atoms. The van der Waals surface area contributed by atoms with Crippen LogP contribution in [0.5, 0.6) is 11.5 Å². The van der Waals surface area contributed by atoms with Gasteiger partial charge in [-0.15, -0.1) is 0 Å². The number of halogens is 1. The average Bonchev–Trinajstić information content (AvgIpc) is 2.63. The number of methoxy groups -OCH3 is 2. The summed E-state index contributed by atoms with van der Waals surface area (Å²) in [6.07, 6.45) is 2.46. The van der Waals surface area contributed by atoms with E-state index in [1.807, 2.05) is 0 Å². The van der Waals surface area contributed by atoms with Crippen molar-refractivity contribution in [3.63, 3.8) is 0 Å². The molecule has 0 fully saturated rings. The van der Waals surface area contributed by atoms with Gasteiger partial charge in [0.05, 0.1) is 44.4 Å². The van der Waals surface area contributed by atoms with Crippen LogP contribution in [0.1, 0.15) is 12.7 Å². The number of benzene rings is 1. The van der Waals surface area contributed by atoms with E-state index in [0.29, 0.717) is 29.4 Å². The van der Waals surface area contributed by atoms with Crippen molar-refractivity contribution in [2.75, 3.05) is 19.5 Å². The Morgan fingerprint density at radius 2 is 1.85 bits per heavy atom. The zero-order chi connectivity index (χ0) is 19.1. The van der Waals surface area contributed by atoms with Gasteiger partial charge in [-0.05, 0) is 31.3 Å². The van der Waals surface area contributed by atoms with E-state index in [1.165, 1.54) is 14.2 Å². The summed E-state index contributed by atoms with van der Waals surface area (Å²) in [5.74, 6) is 0.954. The van der Waals surface area contributed by atoms with E-state index in [9.17, 15) is 8.94 Å². The summed E-state index contributed by atoms with van der Waals surface area (Å²) in [7, 11) is 3.05. The molecule has 7 nitrogen and oxygen atoms in total. The molecule has 1 unspecified atom stereocenters. The molecule has 2 aromatic rings. The highest BCUT2D eigenvalue weighted by molar-refractivity contribution is 7.92. The van der Waals surface area contributed by atoms with Crippen LogP contribution >= 0.6 is 12.2 Å². The van der Waals surface area contributed by atoms with Crippen LogP contribution in [0.4, 0.5) is 10.1 Å². The predicted octanol–water partition coefficient (Wildman–Crippen LogP) is 2.21. The number of nitrogens with one attached hydrogen (secondary N) is 2. The fourth-order valence-corrected chi connectivity index (χ4v) is 3.17. The van der Waals surface area contributed by atoms with E-state index in [0.717, 1.165) is 12.4 Å². The first-order valence-electron chi connectivity index (χ1n) is 7.60. The molecule has 0 aliphatic carbocycles. The Bertz CT molecular complexity index is 727. The summed E-state index contributed by atoms with van der Waals surface area (Å²) in [6, 6.07) is 5.28. The van der Waals surface area contributed by atoms with E-state index >= 15 is 0 Å². The minimum atomic E-state index is -1.50. The van der Waals surface area contributed by atoms with Crippen LogP contribution in [0.15, 0.2) is 30.6 Å². The van der Waals surface area contributed by atoms with Crippen LogP contribution in [0.25, 0.3) is 0 Å². The van der Waals surface area contributed by atoms with Gasteiger partial charge in [0.2, 0.25) is 5.11 Å². The van der Waals surface area contributed by atoms with Crippen molar-refractivity contribution in [1.29, 1.82) is 0 Å². The summed E-state index contributed by atoms with van der Waals surface area (Å²) >= 11 is 3.72. The minimum absolute atomic E-state index is 0.151. The third-order valence-electron chi connectivity index (χ3n) is 3.37. The monoisotopic (exact) mass is 398 g/mol. The number of ether oxygens (including phenoxy) is 2. The number of hydrogen-bond donors (Lipinski definition) is 2. The molecule has 1 aromatic carbocycles. The Labute approximate surface area is 159 Å². The average molecular weight is 398 g/mol. The summed E-state index contributed by atoms with van der Waals surface area (Å²) in [5.41, 5.74) is 0.529. The van der Waals surface area contributed by atoms with Crippen LogP contribution in [0.3, 0.4) is 0 Å². The Morgan fingerprint density at radius 3 is 2.38 bits per heavy atom. The van der Waals surface area contributed by atoms with Gasteiger partial charge < -0.3 is 19.3 Å². The third kappa shape index (κ3) is 5.41. The topological polar surface area (TPSA) is 91.4 Å². The first kappa shape index (κ1) is 20.1. The fourth-order valence-electron chi connectivity index (χ4n) is 2.08. The van der Waals surface area contributed by atoms with Gasteiger partial charge in [0.25, 0.3) is 0 Å². The summed E-state index contributed by atoms with van der Waals surface area (Å²) in [6.45, 7) is 1.75. The summed E-state index contributed by atoms with van der Waals surface area (Å²) in [5, 5.41) is 2.74. The van der Waals surface area contributed by atoms with E-state index < -0.39 is 17.2 Å². The van der Waals surface area contributed by atoms with E-state index in [4.69, 9.17) is 21.7 Å². The molecule has 1 heterocycles. The Kier molecular flexibility index (Phi) is 7.37. The Morgan fingerprint density at radius 1 is 1.27 bits per heavy atom. The van der Waals surface area contributed by atoms with E-state index in [-0.39, 0.29) is 10.4 Å². The standard InChI is InChI=1S/C16H19FN4O3S2/c1-10(7-14-18-8-11(17)9-19-14)26(22)21-16(25)20-15-12(23-2)5-4-6-13(15)24-3/h4-6,8-10H,7H2,1-3H3,(H2,20,21,25)/t10-,26?/m0/s1. The molecule has 0 amide bonds. The van der Waals surface area contributed by atoms with Crippen molar-refractivity contribution in [2.24, 2.45) is 0 Å². The zero-order valence-corrected chi connectivity index (χ0v) is 16.1. The van der Waals surface area contributed by atoms with Crippen LogP contribution < -0.4 is 19.5 Å². The number of anilines is 1. The Hall–Kier alpha value is -2.17. The van der Waals surface area contributed by atoms with Gasteiger partial charge in [-0.25, -0.2) is 14.4 Å². The highest BCUT2D eigenvalue weighted by Crippen LogP contribution is 2.34. The lowest BCUT2D eigenvalue weighted by Crippen LogP contribution is -2.40. The van der Waals surface area contributed by atoms with Gasteiger partial charge in [0.15, 0.2) is 5.82 Å². The summed E-state index contributed by atoms with van der Waals surface area (Å²) in [4.78, 5) is 7.73. The maximum Gasteiger partial charge on any atom is 0.214 e. The molecule has 0 saturated heterocycles. The smallest absolute Gasteiger partial charge is 0.214 e. The van der Waals surface area contributed by atoms with Gasteiger partial charge in [0, 0.05) is 0 Å². The molecular weight excluding hydrogens is 379 g/mol. The number of hydrogen-bond acceptors (Lipinski definition) is 6. The molecule has 0 saturated carbocycles. The summed E-state index contributed by atoms with van der Waals surface area (Å²) < 4.78 is 38.5. The first-order valence-corrected chi connectivity index (χ1v) is 9.22. The molecule has 0 aliphatic rings. The van der Waals surface area contributed by atoms with Gasteiger partial charge in [-0.3, -0.25) is 0 Å². The van der Waals surface area contributed by atoms with Crippen molar-refractivity contribution in [3.8, 4) is 11.5 Å². The van der Waals surface area contributed by atoms with Crippen molar-refractivity contribution in [2.45, 2.75) is 18.6 Å². The van der Waals surface area contributed by atoms with E-state index in [2.05, 4.69) is 20.0 Å². The van der Waals surface area contributed by atoms with Crippen molar-refractivity contribution in [3.05, 3.63) is 42.2 Å². The lowest BCUT2D eigenvalue weighted by Gasteiger charge is -2.20. The molecule has 10 heteroatoms. The molecule has 140 valence electrons. The van der Waals surface area contributed by atoms with Crippen molar-refractivity contribution in [1.82, 2.24) is 14.7 Å². The molecule has 0 radical (unpaired) electrons. The second-order valence-electron chi connectivity index (χ2n) is 5.22. The van der Waals surface area contributed by atoms with Gasteiger partial charge in [0.1, 0.15) is 28.3 Å². The molecule has 1 aromatic heterocycles. The van der Waals surface area contributed by atoms with Gasteiger partial charge in [-0.1, -0.05) is 6.07 Å². The largest absolute Gasteiger partial charge is 0.593 e. The lowest BCUT2D eigenvalue weighted by molar-refractivity contribution is 0.398. The number of rotatable bonds is 7. The van der Waals surface area contributed by atoms with Crippen molar-refractivity contribution < 1.29 is 18.4 Å². The quantitative estimate of drug-likeness (QED) is 0.542. The second-order valence-corrected chi connectivity index (χ2v) is 7.24. The zero-order valence-electron chi connectivity index (χ0n) is 14.5. The first-order chi connectivity index (χ1) is 12.4. The van der Waals surface area contributed by atoms with Crippen LogP contribution in [0.2, 0.25) is 0 Å². The molecule has 2 N–H and O–H groups in total. The van der Waals surface area contributed by atoms with Crippen molar-refractivity contribution >= 4 is 34.4 Å². The number of thiocarbonyl (C=S) groups is 1. The normalized spacial score (nSPS) is 12.8. The maximum absolute atomic E-state index is 12.8. The number of para-hydroxylation sites is 1. The molecule has 2 atom stereocenters. The van der Waals surface area contributed by atoms with Crippen LogP contribution in [-0.4, -0.2) is 39.1 Å². The lowest BCUT2D eigenvalue weighted by atomic mass is 10.2. The second kappa shape index (κ2) is 9.51. The van der Waals surface area contributed by atoms with Gasteiger partial charge >= 0.3 is 0 Å². The van der Waals surface area contributed by atoms with Crippen LogP contribution in [0, 0.1) is 5.82 Å². The minimum Gasteiger partial charge on any atom is -0.593 e. The molecule has 0 bridgehead atoms. The SMILES string of the molecule is COc1cccc(OC)c1NC(=S)N[S+]([O-])[C@@H](C)Cc1ncc(F)cn1. The number of aromatic nitrogens is 2.